The first kappa shape index (κ1) is 11.4. The van der Waals surface area contributed by atoms with Crippen LogP contribution < -0.4 is 5.32 Å². The molecule has 3 nitrogen and oxygen atoms in total. The Morgan fingerprint density at radius 2 is 2.07 bits per heavy atom. The molecule has 4 atom stereocenters. The molecule has 1 saturated carbocycles. The van der Waals surface area contributed by atoms with E-state index in [1.165, 1.54) is 25.7 Å². The van der Waals surface area contributed by atoms with Gasteiger partial charge in [0, 0.05) is 13.1 Å². The van der Waals surface area contributed by atoms with Crippen LogP contribution >= 0.6 is 0 Å². The van der Waals surface area contributed by atoms with Crippen molar-refractivity contribution < 1.29 is 9.84 Å². The Morgan fingerprint density at radius 3 is 2.67 bits per heavy atom. The Hall–Kier alpha value is -0.120. The minimum Gasteiger partial charge on any atom is -0.393 e. The van der Waals surface area contributed by atoms with Gasteiger partial charge in [-0.05, 0) is 38.5 Å². The molecule has 0 aromatic rings. The normalized spacial score (nSPS) is 41.2. The SMILES string of the molecule is CC1CCC(CNCC2CCCC2O)O1. The van der Waals surface area contributed by atoms with Crippen LogP contribution in [-0.4, -0.2) is 36.5 Å². The number of ether oxygens (including phenoxy) is 1. The van der Waals surface area contributed by atoms with Crippen LogP contribution in [0.25, 0.3) is 0 Å². The maximum Gasteiger partial charge on any atom is 0.0704 e. The highest BCUT2D eigenvalue weighted by atomic mass is 16.5. The average Bonchev–Trinajstić information content (AvgIpc) is 2.77. The molecule has 0 radical (unpaired) electrons. The van der Waals surface area contributed by atoms with Crippen LogP contribution in [-0.2, 0) is 4.74 Å². The molecule has 0 aromatic carbocycles. The zero-order chi connectivity index (χ0) is 10.7. The molecule has 15 heavy (non-hydrogen) atoms. The van der Waals surface area contributed by atoms with E-state index < -0.39 is 0 Å². The minimum absolute atomic E-state index is 0.0686. The van der Waals surface area contributed by atoms with Gasteiger partial charge in [-0.1, -0.05) is 6.42 Å². The highest BCUT2D eigenvalue weighted by Gasteiger charge is 2.26. The Bertz CT molecular complexity index is 198. The van der Waals surface area contributed by atoms with Gasteiger partial charge in [-0.2, -0.15) is 0 Å². The zero-order valence-corrected chi connectivity index (χ0v) is 9.61. The number of aliphatic hydroxyl groups is 1. The lowest BCUT2D eigenvalue weighted by Gasteiger charge is -2.17. The topological polar surface area (TPSA) is 41.5 Å². The first-order chi connectivity index (χ1) is 7.25. The molecule has 1 aliphatic carbocycles. The van der Waals surface area contributed by atoms with E-state index >= 15 is 0 Å². The quantitative estimate of drug-likeness (QED) is 0.739. The van der Waals surface area contributed by atoms with Gasteiger partial charge in [-0.25, -0.2) is 0 Å². The standard InChI is InChI=1S/C12H23NO2/c1-9-5-6-11(15-9)8-13-7-10-3-2-4-12(10)14/h9-14H,2-8H2,1H3. The summed E-state index contributed by atoms with van der Waals surface area (Å²) in [7, 11) is 0. The number of hydrogen-bond donors (Lipinski definition) is 2. The van der Waals surface area contributed by atoms with Gasteiger partial charge in [0.05, 0.1) is 18.3 Å². The third kappa shape index (κ3) is 3.16. The molecule has 1 saturated heterocycles. The van der Waals surface area contributed by atoms with E-state index in [1.54, 1.807) is 0 Å². The summed E-state index contributed by atoms with van der Waals surface area (Å²) in [5.41, 5.74) is 0. The highest BCUT2D eigenvalue weighted by molar-refractivity contribution is 4.79. The van der Waals surface area contributed by atoms with Gasteiger partial charge in [-0.15, -0.1) is 0 Å². The van der Waals surface area contributed by atoms with Crippen LogP contribution in [0.4, 0.5) is 0 Å². The second-order valence-corrected chi connectivity index (χ2v) is 5.06. The van der Waals surface area contributed by atoms with E-state index in [4.69, 9.17) is 4.74 Å². The summed E-state index contributed by atoms with van der Waals surface area (Å²) in [6.45, 7) is 4.05. The molecule has 0 spiro atoms. The van der Waals surface area contributed by atoms with Crippen molar-refractivity contribution in [2.24, 2.45) is 5.92 Å². The second-order valence-electron chi connectivity index (χ2n) is 5.06. The lowest BCUT2D eigenvalue weighted by molar-refractivity contribution is 0.0537. The van der Waals surface area contributed by atoms with E-state index in [-0.39, 0.29) is 6.10 Å². The van der Waals surface area contributed by atoms with Gasteiger partial charge < -0.3 is 15.2 Å². The second kappa shape index (κ2) is 5.28. The molecule has 2 aliphatic rings. The van der Waals surface area contributed by atoms with Crippen molar-refractivity contribution in [2.75, 3.05) is 13.1 Å². The van der Waals surface area contributed by atoms with Crippen molar-refractivity contribution in [3.8, 4) is 0 Å². The zero-order valence-electron chi connectivity index (χ0n) is 9.61. The van der Waals surface area contributed by atoms with Crippen LogP contribution in [0.15, 0.2) is 0 Å². The van der Waals surface area contributed by atoms with E-state index in [0.717, 1.165) is 19.5 Å². The van der Waals surface area contributed by atoms with Gasteiger partial charge in [0.25, 0.3) is 0 Å². The van der Waals surface area contributed by atoms with Crippen molar-refractivity contribution in [3.05, 3.63) is 0 Å². The van der Waals surface area contributed by atoms with Crippen molar-refractivity contribution in [1.82, 2.24) is 5.32 Å². The first-order valence-electron chi connectivity index (χ1n) is 6.30. The van der Waals surface area contributed by atoms with E-state index in [0.29, 0.717) is 18.1 Å². The Labute approximate surface area is 92.2 Å². The third-order valence-electron chi connectivity index (χ3n) is 3.72. The van der Waals surface area contributed by atoms with E-state index in [9.17, 15) is 5.11 Å². The molecular formula is C12H23NO2. The summed E-state index contributed by atoms with van der Waals surface area (Å²) in [6, 6.07) is 0. The molecule has 0 aromatic heterocycles. The molecule has 1 heterocycles. The molecule has 2 N–H and O–H groups in total. The summed E-state index contributed by atoms with van der Waals surface area (Å²) in [5.74, 6) is 0.476. The van der Waals surface area contributed by atoms with Crippen LogP contribution in [0.2, 0.25) is 0 Å². The molecule has 2 fully saturated rings. The Balaban J connectivity index is 1.58. The fourth-order valence-corrected chi connectivity index (χ4v) is 2.72. The van der Waals surface area contributed by atoms with E-state index in [1.807, 2.05) is 0 Å². The molecule has 1 aliphatic heterocycles. The highest BCUT2D eigenvalue weighted by Crippen LogP contribution is 2.25. The first-order valence-corrected chi connectivity index (χ1v) is 6.30. The van der Waals surface area contributed by atoms with Crippen molar-refractivity contribution in [3.63, 3.8) is 0 Å². The monoisotopic (exact) mass is 213 g/mol. The predicted octanol–water partition coefficient (Wildman–Crippen LogP) is 1.30. The molecule has 0 bridgehead atoms. The van der Waals surface area contributed by atoms with Gasteiger partial charge in [0.1, 0.15) is 0 Å². The van der Waals surface area contributed by atoms with Crippen LogP contribution in [0.3, 0.4) is 0 Å². The maximum atomic E-state index is 9.65. The summed E-state index contributed by atoms with van der Waals surface area (Å²) in [6.07, 6.45) is 6.50. The van der Waals surface area contributed by atoms with Gasteiger partial charge in [0.15, 0.2) is 0 Å². The number of rotatable bonds is 4. The lowest BCUT2D eigenvalue weighted by atomic mass is 10.1. The molecular weight excluding hydrogens is 190 g/mol. The van der Waals surface area contributed by atoms with Gasteiger partial charge in [-0.3, -0.25) is 0 Å². The van der Waals surface area contributed by atoms with Gasteiger partial charge in [0.2, 0.25) is 0 Å². The predicted molar refractivity (Wildman–Crippen MR) is 59.8 cm³/mol. The molecule has 88 valence electrons. The van der Waals surface area contributed by atoms with Crippen LogP contribution in [0, 0.1) is 5.92 Å². The molecule has 0 amide bonds. The van der Waals surface area contributed by atoms with Crippen LogP contribution in [0.5, 0.6) is 0 Å². The largest absolute Gasteiger partial charge is 0.393 e. The fourth-order valence-electron chi connectivity index (χ4n) is 2.72. The molecule has 3 heteroatoms. The van der Waals surface area contributed by atoms with Crippen LogP contribution in [0.1, 0.15) is 39.0 Å². The lowest BCUT2D eigenvalue weighted by Crippen LogP contribution is -2.33. The summed E-state index contributed by atoms with van der Waals surface area (Å²) in [5, 5.41) is 13.1. The fraction of sp³-hybridized carbons (Fsp3) is 1.00. The summed E-state index contributed by atoms with van der Waals surface area (Å²) < 4.78 is 5.73. The van der Waals surface area contributed by atoms with Crippen molar-refractivity contribution in [2.45, 2.75) is 57.3 Å². The summed E-state index contributed by atoms with van der Waals surface area (Å²) >= 11 is 0. The third-order valence-corrected chi connectivity index (χ3v) is 3.72. The Kier molecular flexibility index (Phi) is 4.00. The average molecular weight is 213 g/mol. The number of hydrogen-bond acceptors (Lipinski definition) is 3. The maximum absolute atomic E-state index is 9.65. The minimum atomic E-state index is -0.0686. The molecule has 2 rings (SSSR count). The van der Waals surface area contributed by atoms with Crippen molar-refractivity contribution in [1.29, 1.82) is 0 Å². The van der Waals surface area contributed by atoms with E-state index in [2.05, 4.69) is 12.2 Å². The Morgan fingerprint density at radius 1 is 1.20 bits per heavy atom. The summed E-state index contributed by atoms with van der Waals surface area (Å²) in [4.78, 5) is 0. The number of aliphatic hydroxyl groups excluding tert-OH is 1. The molecule has 4 unspecified atom stereocenters. The van der Waals surface area contributed by atoms with Crippen molar-refractivity contribution >= 4 is 0 Å². The van der Waals surface area contributed by atoms with Gasteiger partial charge >= 0.3 is 0 Å². The smallest absolute Gasteiger partial charge is 0.0704 e. The number of nitrogens with one attached hydrogen (secondary N) is 1.